The molecule has 4 nitrogen and oxygen atoms in total. The lowest BCUT2D eigenvalue weighted by Crippen LogP contribution is -2.30. The third kappa shape index (κ3) is 9.57. The molecule has 0 saturated carbocycles. The van der Waals surface area contributed by atoms with Crippen LogP contribution in [0.4, 0.5) is 0 Å². The summed E-state index contributed by atoms with van der Waals surface area (Å²) in [6.07, 6.45) is 0.112. The van der Waals surface area contributed by atoms with Gasteiger partial charge in [0.2, 0.25) is 0 Å². The van der Waals surface area contributed by atoms with Crippen molar-refractivity contribution in [3.05, 3.63) is 49.1 Å². The van der Waals surface area contributed by atoms with Crippen LogP contribution in [0.2, 0.25) is 0 Å². The normalized spacial score (nSPS) is 13.3. The molecular formula is C14H21NO3. The smallest absolute Gasteiger partial charge is 0.307 e. The summed E-state index contributed by atoms with van der Waals surface area (Å²) >= 11 is 0. The highest BCUT2D eigenvalue weighted by Gasteiger charge is 1.96. The van der Waals surface area contributed by atoms with E-state index in [1.807, 2.05) is 18.2 Å². The van der Waals surface area contributed by atoms with Crippen molar-refractivity contribution < 1.29 is 14.6 Å². The number of aliphatic carboxylic acids is 1. The molecule has 0 amide bonds. The Hall–Kier alpha value is -1.65. The van der Waals surface area contributed by atoms with Gasteiger partial charge in [-0.15, -0.1) is 13.2 Å². The minimum absolute atomic E-state index is 0.112. The Morgan fingerprint density at radius 3 is 2.11 bits per heavy atom. The van der Waals surface area contributed by atoms with Crippen molar-refractivity contribution in [3.63, 3.8) is 0 Å². The number of carbonyl (C=O) groups is 1. The first-order valence-corrected chi connectivity index (χ1v) is 5.83. The number of rotatable bonds is 2. The monoisotopic (exact) mass is 251 g/mol. The summed E-state index contributed by atoms with van der Waals surface area (Å²) in [6, 6.07) is 9.13. The second-order valence-electron chi connectivity index (χ2n) is 3.42. The van der Waals surface area contributed by atoms with Gasteiger partial charge in [-0.05, 0) is 5.56 Å². The van der Waals surface area contributed by atoms with Crippen molar-refractivity contribution in [1.29, 1.82) is 0 Å². The molecule has 1 aromatic rings. The summed E-state index contributed by atoms with van der Waals surface area (Å²) in [5, 5.41) is 11.5. The third-order valence-corrected chi connectivity index (χ3v) is 2.04. The lowest BCUT2D eigenvalue weighted by atomic mass is 10.2. The summed E-state index contributed by atoms with van der Waals surface area (Å²) in [4.78, 5) is 10.2. The average Bonchev–Trinajstić information content (AvgIpc) is 2.44. The number of morpholine rings is 1. The second-order valence-corrected chi connectivity index (χ2v) is 3.42. The zero-order valence-electron chi connectivity index (χ0n) is 10.6. The molecule has 1 fully saturated rings. The molecule has 1 saturated heterocycles. The van der Waals surface area contributed by atoms with Gasteiger partial charge in [0, 0.05) is 13.1 Å². The Morgan fingerprint density at radius 2 is 1.78 bits per heavy atom. The van der Waals surface area contributed by atoms with Gasteiger partial charge in [-0.3, -0.25) is 4.79 Å². The van der Waals surface area contributed by atoms with Crippen molar-refractivity contribution in [2.24, 2.45) is 0 Å². The number of hydrogen-bond acceptors (Lipinski definition) is 3. The molecule has 0 aliphatic carbocycles. The van der Waals surface area contributed by atoms with Crippen LogP contribution < -0.4 is 5.32 Å². The maximum atomic E-state index is 10.2. The minimum Gasteiger partial charge on any atom is -0.481 e. The first kappa shape index (κ1) is 16.4. The number of nitrogens with one attached hydrogen (secondary N) is 1. The third-order valence-electron chi connectivity index (χ3n) is 2.04. The Labute approximate surface area is 108 Å². The highest BCUT2D eigenvalue weighted by Crippen LogP contribution is 1.98. The molecule has 18 heavy (non-hydrogen) atoms. The van der Waals surface area contributed by atoms with Crippen LogP contribution >= 0.6 is 0 Å². The number of carboxylic acid groups (broad SMARTS) is 1. The van der Waals surface area contributed by atoms with Crippen LogP contribution in [0.25, 0.3) is 0 Å². The van der Waals surface area contributed by atoms with Gasteiger partial charge in [-0.2, -0.15) is 0 Å². The molecule has 0 atom stereocenters. The molecule has 0 bridgehead atoms. The number of ether oxygens (including phenoxy) is 1. The van der Waals surface area contributed by atoms with E-state index in [2.05, 4.69) is 18.5 Å². The topological polar surface area (TPSA) is 58.6 Å². The highest BCUT2D eigenvalue weighted by molar-refractivity contribution is 5.70. The fraction of sp³-hybridized carbons (Fsp3) is 0.357. The lowest BCUT2D eigenvalue weighted by Gasteiger charge is -2.10. The molecular weight excluding hydrogens is 230 g/mol. The number of carboxylic acids is 1. The first-order valence-electron chi connectivity index (χ1n) is 5.83. The quantitative estimate of drug-likeness (QED) is 0.786. The van der Waals surface area contributed by atoms with Crippen molar-refractivity contribution >= 4 is 5.97 Å². The number of hydrogen-bond donors (Lipinski definition) is 2. The van der Waals surface area contributed by atoms with E-state index in [0.717, 1.165) is 31.9 Å². The summed E-state index contributed by atoms with van der Waals surface area (Å²) in [5.41, 5.74) is 0.843. The Bertz CT molecular complexity index is 299. The van der Waals surface area contributed by atoms with Gasteiger partial charge in [-0.1, -0.05) is 30.3 Å². The van der Waals surface area contributed by atoms with Gasteiger partial charge in [0.05, 0.1) is 19.6 Å². The lowest BCUT2D eigenvalue weighted by molar-refractivity contribution is -0.136. The van der Waals surface area contributed by atoms with Gasteiger partial charge in [0.25, 0.3) is 0 Å². The van der Waals surface area contributed by atoms with E-state index < -0.39 is 5.97 Å². The van der Waals surface area contributed by atoms with Gasteiger partial charge < -0.3 is 15.2 Å². The summed E-state index contributed by atoms with van der Waals surface area (Å²) < 4.78 is 5.01. The summed E-state index contributed by atoms with van der Waals surface area (Å²) in [5.74, 6) is -0.786. The zero-order chi connectivity index (χ0) is 13.6. The zero-order valence-corrected chi connectivity index (χ0v) is 10.6. The van der Waals surface area contributed by atoms with E-state index >= 15 is 0 Å². The maximum Gasteiger partial charge on any atom is 0.307 e. The van der Waals surface area contributed by atoms with Crippen molar-refractivity contribution in [1.82, 2.24) is 5.32 Å². The van der Waals surface area contributed by atoms with Gasteiger partial charge in [0.1, 0.15) is 0 Å². The van der Waals surface area contributed by atoms with Gasteiger partial charge in [0.15, 0.2) is 0 Å². The second kappa shape index (κ2) is 11.8. The van der Waals surface area contributed by atoms with Crippen molar-refractivity contribution in [2.75, 3.05) is 26.3 Å². The highest BCUT2D eigenvalue weighted by atomic mass is 16.5. The van der Waals surface area contributed by atoms with Crippen LogP contribution in [0.1, 0.15) is 5.56 Å². The van der Waals surface area contributed by atoms with Gasteiger partial charge in [-0.25, -0.2) is 0 Å². The van der Waals surface area contributed by atoms with Crippen LogP contribution in [-0.2, 0) is 16.0 Å². The molecule has 0 unspecified atom stereocenters. The van der Waals surface area contributed by atoms with Crippen LogP contribution in [0.5, 0.6) is 0 Å². The van der Waals surface area contributed by atoms with E-state index in [1.54, 1.807) is 12.1 Å². The molecule has 1 aromatic carbocycles. The van der Waals surface area contributed by atoms with Crippen LogP contribution in [0, 0.1) is 0 Å². The standard InChI is InChI=1S/C8H8O2.C4H9NO.C2H4/c9-8(10)6-7-4-2-1-3-5-7;1-3-6-4-2-5-1;1-2/h1-5H,6H2,(H,9,10);5H,1-4H2;1-2H2. The van der Waals surface area contributed by atoms with E-state index in [-0.39, 0.29) is 6.42 Å². The molecule has 2 rings (SSSR count). The number of benzene rings is 1. The Kier molecular flexibility index (Phi) is 10.7. The predicted octanol–water partition coefficient (Wildman–Crippen LogP) is 1.72. The fourth-order valence-electron chi connectivity index (χ4n) is 1.29. The average molecular weight is 251 g/mol. The molecule has 2 N–H and O–H groups in total. The molecule has 1 aliphatic heterocycles. The predicted molar refractivity (Wildman–Crippen MR) is 72.7 cm³/mol. The molecule has 100 valence electrons. The molecule has 1 heterocycles. The van der Waals surface area contributed by atoms with E-state index in [9.17, 15) is 4.79 Å². The van der Waals surface area contributed by atoms with Crippen LogP contribution in [0.15, 0.2) is 43.5 Å². The maximum absolute atomic E-state index is 10.2. The Morgan fingerprint density at radius 1 is 1.22 bits per heavy atom. The van der Waals surface area contributed by atoms with Crippen molar-refractivity contribution in [3.8, 4) is 0 Å². The molecule has 4 heteroatoms. The molecule has 0 spiro atoms. The summed E-state index contributed by atoms with van der Waals surface area (Å²) in [6.45, 7) is 9.83. The molecule has 0 radical (unpaired) electrons. The largest absolute Gasteiger partial charge is 0.481 e. The molecule has 0 aromatic heterocycles. The van der Waals surface area contributed by atoms with E-state index in [0.29, 0.717) is 0 Å². The van der Waals surface area contributed by atoms with Crippen molar-refractivity contribution in [2.45, 2.75) is 6.42 Å². The van der Waals surface area contributed by atoms with E-state index in [1.165, 1.54) is 0 Å². The Balaban J connectivity index is 0.000000308. The van der Waals surface area contributed by atoms with Crippen LogP contribution in [0.3, 0.4) is 0 Å². The summed E-state index contributed by atoms with van der Waals surface area (Å²) in [7, 11) is 0. The molecule has 1 aliphatic rings. The van der Waals surface area contributed by atoms with Crippen LogP contribution in [-0.4, -0.2) is 37.4 Å². The first-order chi connectivity index (χ1) is 8.79. The minimum atomic E-state index is -0.786. The van der Waals surface area contributed by atoms with E-state index in [4.69, 9.17) is 9.84 Å². The fourth-order valence-corrected chi connectivity index (χ4v) is 1.29. The SMILES string of the molecule is C1COCCN1.C=C.O=C(O)Cc1ccccc1. The van der Waals surface area contributed by atoms with Gasteiger partial charge >= 0.3 is 5.97 Å².